The quantitative estimate of drug-likeness (QED) is 0.110. The van der Waals surface area contributed by atoms with Crippen LogP contribution >= 0.6 is 34.8 Å². The summed E-state index contributed by atoms with van der Waals surface area (Å²) in [5.41, 5.74) is 0.865. The Morgan fingerprint density at radius 1 is 0.915 bits per heavy atom. The molecule has 1 saturated heterocycles. The summed E-state index contributed by atoms with van der Waals surface area (Å²) in [7, 11) is 0. The van der Waals surface area contributed by atoms with Crippen molar-refractivity contribution in [1.82, 2.24) is 10.6 Å². The van der Waals surface area contributed by atoms with Gasteiger partial charge < -0.3 is 48.5 Å². The summed E-state index contributed by atoms with van der Waals surface area (Å²) in [5.74, 6) is -2.33. The van der Waals surface area contributed by atoms with Crippen LogP contribution in [-0.2, 0) is 58.9 Å². The summed E-state index contributed by atoms with van der Waals surface area (Å²) < 4.78 is 41.8. The lowest BCUT2D eigenvalue weighted by molar-refractivity contribution is -0.278. The third kappa shape index (κ3) is 15.9. The van der Waals surface area contributed by atoms with Crippen molar-refractivity contribution < 1.29 is 61.9 Å². The molecule has 1 aliphatic heterocycles. The molecule has 0 bridgehead atoms. The second kappa shape index (κ2) is 20.1. The topological polar surface area (TPSA) is 183 Å². The molecule has 1 aromatic rings. The van der Waals surface area contributed by atoms with Crippen LogP contribution in [0.3, 0.4) is 0 Å². The van der Waals surface area contributed by atoms with Crippen molar-refractivity contribution in [2.45, 2.75) is 67.9 Å². The summed E-state index contributed by atoms with van der Waals surface area (Å²) >= 11 is 17.1. The van der Waals surface area contributed by atoms with E-state index in [1.807, 2.05) is 30.3 Å². The van der Waals surface area contributed by atoms with Crippen LogP contribution in [0.1, 0.15) is 26.3 Å². The lowest BCUT2D eigenvalue weighted by atomic mass is 9.96. The Morgan fingerprint density at radius 3 is 2.17 bits per heavy atom. The molecule has 0 unspecified atom stereocenters. The summed E-state index contributed by atoms with van der Waals surface area (Å²) in [4.78, 5) is 61.1. The maximum Gasteiger partial charge on any atom is 0.407 e. The number of nitrogens with one attached hydrogen (secondary N) is 2. The first-order valence-corrected chi connectivity index (χ1v) is 15.2. The van der Waals surface area contributed by atoms with Gasteiger partial charge in [-0.15, -0.1) is 0 Å². The van der Waals surface area contributed by atoms with Crippen LogP contribution in [-0.4, -0.2) is 104 Å². The minimum absolute atomic E-state index is 0.0717. The summed E-state index contributed by atoms with van der Waals surface area (Å²) in [6.45, 7) is 5.40. The molecule has 15 nitrogen and oxygen atoms in total. The third-order valence-electron chi connectivity index (χ3n) is 5.90. The van der Waals surface area contributed by atoms with E-state index in [0.29, 0.717) is 0 Å². The van der Waals surface area contributed by atoms with Gasteiger partial charge in [-0.05, 0) is 5.56 Å². The number of carbonyl (C=O) groups excluding carboxylic acids is 5. The number of hydrogen-bond acceptors (Lipinski definition) is 13. The van der Waals surface area contributed by atoms with Crippen molar-refractivity contribution in [3.05, 3.63) is 48.6 Å². The van der Waals surface area contributed by atoms with Crippen LogP contribution in [0.2, 0.25) is 0 Å². The zero-order chi connectivity index (χ0) is 35.0. The SMILES string of the molecule is C=CCOC(=O)N[C@@H](COCc1ccccc1)CO[C@@H]1O[C@H](COC(C)=O)[C@@H](OC(C)=O)[C@H](OC(C)=O)[C@H]1NC(=O)OCC(Cl)(Cl)Cl. The Labute approximate surface area is 286 Å². The average Bonchev–Trinajstić information content (AvgIpc) is 2.98. The zero-order valence-corrected chi connectivity index (χ0v) is 28.1. The van der Waals surface area contributed by atoms with Crippen LogP contribution in [0.5, 0.6) is 0 Å². The van der Waals surface area contributed by atoms with Gasteiger partial charge in [0.05, 0.1) is 25.9 Å². The van der Waals surface area contributed by atoms with Gasteiger partial charge in [-0.1, -0.05) is 77.8 Å². The fourth-order valence-electron chi connectivity index (χ4n) is 4.10. The Bertz CT molecular complexity index is 1200. The minimum atomic E-state index is -1.96. The van der Waals surface area contributed by atoms with E-state index in [1.54, 1.807) is 0 Å². The van der Waals surface area contributed by atoms with E-state index >= 15 is 0 Å². The Balaban J connectivity index is 2.38. The molecule has 2 N–H and O–H groups in total. The lowest BCUT2D eigenvalue weighted by Crippen LogP contribution is -2.67. The van der Waals surface area contributed by atoms with Crippen molar-refractivity contribution in [2.24, 2.45) is 0 Å². The number of benzene rings is 1. The molecule has 1 aromatic carbocycles. The number of hydrogen-bond donors (Lipinski definition) is 2. The molecule has 0 saturated carbocycles. The highest BCUT2D eigenvalue weighted by Gasteiger charge is 2.52. The van der Waals surface area contributed by atoms with Gasteiger partial charge in [-0.3, -0.25) is 14.4 Å². The maximum absolute atomic E-state index is 12.8. The van der Waals surface area contributed by atoms with Gasteiger partial charge in [0.2, 0.25) is 3.79 Å². The smallest absolute Gasteiger partial charge is 0.407 e. The number of carbonyl (C=O) groups is 5. The molecule has 1 heterocycles. The minimum Gasteiger partial charge on any atom is -0.463 e. The van der Waals surface area contributed by atoms with E-state index in [1.165, 1.54) is 6.08 Å². The summed E-state index contributed by atoms with van der Waals surface area (Å²) in [6, 6.07) is 6.94. The number of ether oxygens (including phenoxy) is 8. The van der Waals surface area contributed by atoms with Crippen LogP contribution in [0.25, 0.3) is 0 Å². The number of amides is 2. The number of alkyl carbamates (subject to hydrolysis) is 2. The fourth-order valence-corrected chi connectivity index (χ4v) is 4.27. The highest BCUT2D eigenvalue weighted by atomic mass is 35.6. The van der Waals surface area contributed by atoms with E-state index in [-0.39, 0.29) is 26.4 Å². The fraction of sp³-hybridized carbons (Fsp3) is 0.552. The van der Waals surface area contributed by atoms with Gasteiger partial charge in [0.15, 0.2) is 18.5 Å². The normalized spacial score (nSPS) is 21.4. The van der Waals surface area contributed by atoms with Crippen LogP contribution in [0.4, 0.5) is 9.59 Å². The molecule has 1 fully saturated rings. The number of esters is 3. The van der Waals surface area contributed by atoms with Gasteiger partial charge in [0.1, 0.15) is 32.0 Å². The first-order valence-electron chi connectivity index (χ1n) is 14.1. The van der Waals surface area contributed by atoms with E-state index in [0.717, 1.165) is 26.3 Å². The molecule has 0 spiro atoms. The molecule has 0 aromatic heterocycles. The molecular weight excluding hydrogens is 691 g/mol. The summed E-state index contributed by atoms with van der Waals surface area (Å²) in [5, 5.41) is 5.03. The summed E-state index contributed by atoms with van der Waals surface area (Å²) in [6.07, 6.45) is -6.23. The van der Waals surface area contributed by atoms with E-state index in [2.05, 4.69) is 17.2 Å². The Morgan fingerprint density at radius 2 is 1.57 bits per heavy atom. The molecular formula is C29H37Cl3N2O13. The number of halogens is 3. The molecule has 2 rings (SSSR count). The van der Waals surface area contributed by atoms with Crippen molar-refractivity contribution in [3.63, 3.8) is 0 Å². The first kappa shape index (κ1) is 39.8. The van der Waals surface area contributed by atoms with E-state index in [9.17, 15) is 24.0 Å². The standard InChI is InChI=1S/C29H37Cl3N2O13/c1-5-11-41-27(38)33-21(13-40-12-20-9-7-6-8-10-20)14-43-26-23(34-28(39)44-16-29(30,31)32)25(46-19(4)37)24(45-18(3)36)22(47-26)15-42-17(2)35/h5-10,21-26H,1,11-16H2,2-4H3,(H,33,38)(H,34,39)/t21-,22+,23+,24+,25+,26+/m0/s1. The second-order valence-corrected chi connectivity index (χ2v) is 12.4. The molecule has 1 aliphatic rings. The number of rotatable bonds is 16. The van der Waals surface area contributed by atoms with Crippen LogP contribution < -0.4 is 10.6 Å². The molecule has 0 radical (unpaired) electrons. The van der Waals surface area contributed by atoms with Gasteiger partial charge in [0.25, 0.3) is 0 Å². The van der Waals surface area contributed by atoms with Crippen molar-refractivity contribution in [2.75, 3.05) is 33.0 Å². The van der Waals surface area contributed by atoms with Gasteiger partial charge in [0, 0.05) is 20.8 Å². The predicted octanol–water partition coefficient (Wildman–Crippen LogP) is 3.12. The molecule has 47 heavy (non-hydrogen) atoms. The van der Waals surface area contributed by atoms with Crippen molar-refractivity contribution in [3.8, 4) is 0 Å². The molecule has 0 aliphatic carbocycles. The third-order valence-corrected chi connectivity index (χ3v) is 6.23. The van der Waals surface area contributed by atoms with Gasteiger partial charge in [-0.25, -0.2) is 9.59 Å². The van der Waals surface area contributed by atoms with E-state index in [4.69, 9.17) is 72.7 Å². The highest BCUT2D eigenvalue weighted by Crippen LogP contribution is 2.29. The predicted molar refractivity (Wildman–Crippen MR) is 165 cm³/mol. The highest BCUT2D eigenvalue weighted by molar-refractivity contribution is 6.67. The lowest BCUT2D eigenvalue weighted by Gasteiger charge is -2.45. The Kier molecular flexibility index (Phi) is 17.1. The van der Waals surface area contributed by atoms with Gasteiger partial charge >= 0.3 is 30.1 Å². The molecule has 18 heteroatoms. The molecule has 2 amide bonds. The zero-order valence-electron chi connectivity index (χ0n) is 25.8. The maximum atomic E-state index is 12.8. The first-order chi connectivity index (χ1) is 22.2. The Hall–Kier alpha value is -3.34. The van der Waals surface area contributed by atoms with Gasteiger partial charge in [-0.2, -0.15) is 0 Å². The monoisotopic (exact) mass is 726 g/mol. The van der Waals surface area contributed by atoms with Crippen LogP contribution in [0, 0.1) is 0 Å². The second-order valence-electron chi connectivity index (χ2n) is 9.92. The average molecular weight is 728 g/mol. The molecule has 262 valence electrons. The molecule has 6 atom stereocenters. The van der Waals surface area contributed by atoms with E-state index < -0.39 is 83.8 Å². The van der Waals surface area contributed by atoms with Crippen molar-refractivity contribution in [1.29, 1.82) is 0 Å². The number of alkyl halides is 3. The van der Waals surface area contributed by atoms with Crippen molar-refractivity contribution >= 4 is 64.9 Å². The van der Waals surface area contributed by atoms with Crippen LogP contribution in [0.15, 0.2) is 43.0 Å². The largest absolute Gasteiger partial charge is 0.463 e.